The van der Waals surface area contributed by atoms with E-state index in [1.165, 1.54) is 24.2 Å². The maximum absolute atomic E-state index is 13.3. The van der Waals surface area contributed by atoms with Gasteiger partial charge in [-0.2, -0.15) is 8.78 Å². The highest BCUT2D eigenvalue weighted by Crippen LogP contribution is 2.27. The van der Waals surface area contributed by atoms with Crippen LogP contribution in [0.4, 0.5) is 8.78 Å². The molecule has 0 aliphatic rings. The van der Waals surface area contributed by atoms with Gasteiger partial charge in [-0.05, 0) is 43.2 Å². The minimum Gasteiger partial charge on any atom is -0.277 e. The van der Waals surface area contributed by atoms with Gasteiger partial charge in [0.25, 0.3) is 5.56 Å². The number of hydrogen-bond acceptors (Lipinski definition) is 4. The van der Waals surface area contributed by atoms with Crippen molar-refractivity contribution in [2.24, 2.45) is 0 Å². The Morgan fingerprint density at radius 1 is 1.14 bits per heavy atom. The molecule has 0 N–H and O–H groups in total. The Hall–Kier alpha value is -3.00. The number of rotatable bonds is 5. The van der Waals surface area contributed by atoms with Crippen molar-refractivity contribution in [2.45, 2.75) is 31.3 Å². The first kappa shape index (κ1) is 19.3. The van der Waals surface area contributed by atoms with Crippen LogP contribution >= 0.6 is 11.8 Å². The van der Waals surface area contributed by atoms with E-state index in [4.69, 9.17) is 0 Å². The molecule has 0 aliphatic heterocycles. The predicted octanol–water partition coefficient (Wildman–Crippen LogP) is 4.89. The number of para-hydroxylation sites is 1. The summed E-state index contributed by atoms with van der Waals surface area (Å²) in [6.45, 7) is 1.21. The van der Waals surface area contributed by atoms with Crippen molar-refractivity contribution in [3.63, 3.8) is 0 Å². The fraction of sp³-hybridized carbons (Fsp3) is 0.190. The molecule has 0 saturated carbocycles. The topological polar surface area (TPSA) is 52.7 Å². The molecule has 2 aromatic carbocycles. The third-order valence-corrected chi connectivity index (χ3v) is 5.57. The van der Waals surface area contributed by atoms with Gasteiger partial charge < -0.3 is 0 Å². The SMILES string of the molecule is Cc1ccc(C)c(-n2c(SCc3nccn3C(F)F)nc3ccccc3c2=O)c1. The molecule has 148 valence electrons. The normalized spacial score (nSPS) is 11.5. The van der Waals surface area contributed by atoms with Gasteiger partial charge in [-0.25, -0.2) is 9.97 Å². The number of thioether (sulfide) groups is 1. The smallest absolute Gasteiger partial charge is 0.277 e. The average Bonchev–Trinajstić information content (AvgIpc) is 3.18. The van der Waals surface area contributed by atoms with Gasteiger partial charge in [0, 0.05) is 12.4 Å². The van der Waals surface area contributed by atoms with Crippen LogP contribution in [0, 0.1) is 13.8 Å². The van der Waals surface area contributed by atoms with Crippen molar-refractivity contribution in [3.8, 4) is 5.69 Å². The quantitative estimate of drug-likeness (QED) is 0.346. The number of imidazole rings is 1. The lowest BCUT2D eigenvalue weighted by atomic mass is 10.1. The van der Waals surface area contributed by atoms with Crippen LogP contribution in [-0.2, 0) is 5.75 Å². The summed E-state index contributed by atoms with van der Waals surface area (Å²) in [5.74, 6) is 0.382. The van der Waals surface area contributed by atoms with E-state index in [1.54, 1.807) is 22.8 Å². The van der Waals surface area contributed by atoms with Crippen LogP contribution in [-0.4, -0.2) is 19.1 Å². The zero-order valence-corrected chi connectivity index (χ0v) is 16.7. The maximum Gasteiger partial charge on any atom is 0.319 e. The number of alkyl halides is 2. The van der Waals surface area contributed by atoms with Gasteiger partial charge in [0.05, 0.1) is 22.3 Å². The molecule has 0 amide bonds. The predicted molar refractivity (Wildman–Crippen MR) is 110 cm³/mol. The number of aryl methyl sites for hydroxylation is 2. The summed E-state index contributed by atoms with van der Waals surface area (Å²) in [7, 11) is 0. The number of benzene rings is 2. The zero-order valence-electron chi connectivity index (χ0n) is 15.8. The Balaban J connectivity index is 1.87. The fourth-order valence-electron chi connectivity index (χ4n) is 3.14. The summed E-state index contributed by atoms with van der Waals surface area (Å²) in [6.07, 6.45) is 2.58. The molecule has 4 aromatic rings. The van der Waals surface area contributed by atoms with Crippen molar-refractivity contribution < 1.29 is 8.78 Å². The fourth-order valence-corrected chi connectivity index (χ4v) is 4.10. The summed E-state index contributed by atoms with van der Waals surface area (Å²) in [5, 5.41) is 0.943. The van der Waals surface area contributed by atoms with Crippen LogP contribution in [0.25, 0.3) is 16.6 Å². The van der Waals surface area contributed by atoms with Gasteiger partial charge in [-0.15, -0.1) is 0 Å². The third-order valence-electron chi connectivity index (χ3n) is 4.64. The largest absolute Gasteiger partial charge is 0.319 e. The van der Waals surface area contributed by atoms with Crippen molar-refractivity contribution in [1.82, 2.24) is 19.1 Å². The number of halogens is 2. The monoisotopic (exact) mass is 412 g/mol. The molecule has 29 heavy (non-hydrogen) atoms. The minimum absolute atomic E-state index is 0.160. The van der Waals surface area contributed by atoms with E-state index < -0.39 is 6.55 Å². The van der Waals surface area contributed by atoms with Gasteiger partial charge in [-0.3, -0.25) is 13.9 Å². The van der Waals surface area contributed by atoms with E-state index in [1.807, 2.05) is 38.1 Å². The van der Waals surface area contributed by atoms with Gasteiger partial charge >= 0.3 is 6.55 Å². The molecule has 0 unspecified atom stereocenters. The van der Waals surface area contributed by atoms with E-state index in [-0.39, 0.29) is 17.1 Å². The highest BCUT2D eigenvalue weighted by atomic mass is 32.2. The van der Waals surface area contributed by atoms with Crippen molar-refractivity contribution in [2.75, 3.05) is 0 Å². The Bertz CT molecular complexity index is 1250. The second-order valence-corrected chi connectivity index (χ2v) is 7.60. The van der Waals surface area contributed by atoms with E-state index in [0.29, 0.717) is 16.1 Å². The van der Waals surface area contributed by atoms with Crippen molar-refractivity contribution >= 4 is 22.7 Å². The molecule has 8 heteroatoms. The molecule has 0 spiro atoms. The molecule has 0 fully saturated rings. The Morgan fingerprint density at radius 2 is 1.93 bits per heavy atom. The van der Waals surface area contributed by atoms with Crippen molar-refractivity contribution in [1.29, 1.82) is 0 Å². The highest BCUT2D eigenvalue weighted by molar-refractivity contribution is 7.98. The molecule has 0 saturated heterocycles. The summed E-state index contributed by atoms with van der Waals surface area (Å²) in [5.41, 5.74) is 3.04. The Morgan fingerprint density at radius 3 is 2.72 bits per heavy atom. The first-order valence-corrected chi connectivity index (χ1v) is 9.96. The van der Waals surface area contributed by atoms with Gasteiger partial charge in [-0.1, -0.05) is 36.0 Å². The molecule has 5 nitrogen and oxygen atoms in total. The molecular formula is C21H18F2N4OS. The van der Waals surface area contributed by atoms with Crippen LogP contribution in [0.15, 0.2) is 64.8 Å². The minimum atomic E-state index is -2.67. The Kier molecular flexibility index (Phi) is 5.19. The van der Waals surface area contributed by atoms with Gasteiger partial charge in [0.1, 0.15) is 5.82 Å². The number of fused-ring (bicyclic) bond motifs is 1. The number of hydrogen-bond donors (Lipinski definition) is 0. The second kappa shape index (κ2) is 7.79. The summed E-state index contributed by atoms with van der Waals surface area (Å²) >= 11 is 1.21. The van der Waals surface area contributed by atoms with Crippen LogP contribution in [0.1, 0.15) is 23.5 Å². The molecule has 0 atom stereocenters. The summed E-state index contributed by atoms with van der Waals surface area (Å²) < 4.78 is 28.7. The van der Waals surface area contributed by atoms with E-state index in [2.05, 4.69) is 9.97 Å². The molecule has 0 aliphatic carbocycles. The molecule has 0 bridgehead atoms. The lowest BCUT2D eigenvalue weighted by Gasteiger charge is -2.16. The highest BCUT2D eigenvalue weighted by Gasteiger charge is 2.17. The lowest BCUT2D eigenvalue weighted by Crippen LogP contribution is -2.22. The molecule has 0 radical (unpaired) electrons. The molecule has 2 aromatic heterocycles. The summed E-state index contributed by atoms with van der Waals surface area (Å²) in [6, 6.07) is 13.0. The number of nitrogens with zero attached hydrogens (tertiary/aromatic N) is 4. The molecule has 4 rings (SSSR count). The van der Waals surface area contributed by atoms with E-state index >= 15 is 0 Å². The average molecular weight is 412 g/mol. The maximum atomic E-state index is 13.3. The number of aromatic nitrogens is 4. The molecular weight excluding hydrogens is 394 g/mol. The second-order valence-electron chi connectivity index (χ2n) is 6.66. The lowest BCUT2D eigenvalue weighted by molar-refractivity contribution is 0.0678. The third kappa shape index (κ3) is 3.67. The van der Waals surface area contributed by atoms with Crippen LogP contribution in [0.5, 0.6) is 0 Å². The van der Waals surface area contributed by atoms with E-state index in [9.17, 15) is 13.6 Å². The molecule has 2 heterocycles. The summed E-state index contributed by atoms with van der Waals surface area (Å²) in [4.78, 5) is 22.0. The first-order valence-electron chi connectivity index (χ1n) is 8.98. The van der Waals surface area contributed by atoms with Crippen LogP contribution in [0.2, 0.25) is 0 Å². The first-order chi connectivity index (χ1) is 14.0. The Labute approximate surface area is 170 Å². The zero-order chi connectivity index (χ0) is 20.5. The van der Waals surface area contributed by atoms with Gasteiger partial charge in [0.15, 0.2) is 5.16 Å². The standard InChI is InChI=1S/C21H18F2N4OS/c1-13-7-8-14(2)17(11-13)27-19(28)15-5-3-4-6-16(15)25-21(27)29-12-18-24-9-10-26(18)20(22)23/h3-11,20H,12H2,1-2H3. The van der Waals surface area contributed by atoms with E-state index in [0.717, 1.165) is 21.4 Å². The van der Waals surface area contributed by atoms with Crippen molar-refractivity contribution in [3.05, 3.63) is 82.2 Å². The van der Waals surface area contributed by atoms with Crippen LogP contribution < -0.4 is 5.56 Å². The van der Waals surface area contributed by atoms with Gasteiger partial charge in [0.2, 0.25) is 0 Å². The van der Waals surface area contributed by atoms with Crippen LogP contribution in [0.3, 0.4) is 0 Å².